The fraction of sp³-hybridized carbons (Fsp3) is 0.250. The maximum atomic E-state index is 11.6. The molecule has 1 aliphatic heterocycles. The molecule has 4 rings (SSSR count). The molecule has 3 aromatic carbocycles. The molecular formula is C28H33N5O2S2. The Labute approximate surface area is 227 Å². The molecule has 9 heteroatoms. The van der Waals surface area contributed by atoms with Crippen LogP contribution >= 0.6 is 23.7 Å². The minimum Gasteiger partial charge on any atom is -0.497 e. The van der Waals surface area contributed by atoms with Crippen LogP contribution in [0.3, 0.4) is 0 Å². The molecule has 6 N–H and O–H groups in total. The van der Waals surface area contributed by atoms with Crippen LogP contribution < -0.4 is 31.1 Å². The third kappa shape index (κ3) is 6.61. The van der Waals surface area contributed by atoms with Crippen molar-refractivity contribution in [3.05, 3.63) is 83.9 Å². The van der Waals surface area contributed by atoms with E-state index in [-0.39, 0.29) is 23.9 Å². The van der Waals surface area contributed by atoms with Crippen molar-refractivity contribution in [1.29, 1.82) is 0 Å². The summed E-state index contributed by atoms with van der Waals surface area (Å²) >= 11 is 3.42. The molecule has 0 aromatic heterocycles. The lowest BCUT2D eigenvalue weighted by molar-refractivity contribution is -0.114. The highest BCUT2D eigenvalue weighted by atomic mass is 32.2. The number of benzene rings is 3. The molecule has 0 saturated heterocycles. The smallest absolute Gasteiger partial charge is 0.238 e. The minimum atomic E-state index is -0.211. The van der Waals surface area contributed by atoms with Crippen LogP contribution in [0.1, 0.15) is 18.1 Å². The van der Waals surface area contributed by atoms with Gasteiger partial charge in [-0.05, 0) is 85.0 Å². The van der Waals surface area contributed by atoms with Crippen molar-refractivity contribution >= 4 is 46.7 Å². The highest BCUT2D eigenvalue weighted by Crippen LogP contribution is 2.46. The van der Waals surface area contributed by atoms with Gasteiger partial charge in [0.25, 0.3) is 0 Å². The molecule has 1 heterocycles. The first-order chi connectivity index (χ1) is 17.9. The lowest BCUT2D eigenvalue weighted by atomic mass is 10.0. The molecule has 194 valence electrons. The normalized spacial score (nSPS) is 15.8. The maximum absolute atomic E-state index is 11.6. The predicted octanol–water partition coefficient (Wildman–Crippen LogP) is 4.69. The summed E-state index contributed by atoms with van der Waals surface area (Å²) in [5.41, 5.74) is 16.5. The Morgan fingerprint density at radius 1 is 1.19 bits per heavy atom. The first-order valence-electron chi connectivity index (χ1n) is 12.0. The van der Waals surface area contributed by atoms with Gasteiger partial charge in [-0.25, -0.2) is 0 Å². The van der Waals surface area contributed by atoms with Crippen molar-refractivity contribution in [3.8, 4) is 5.75 Å². The fourth-order valence-corrected chi connectivity index (χ4v) is 6.40. The van der Waals surface area contributed by atoms with Crippen molar-refractivity contribution < 1.29 is 9.53 Å². The molecule has 0 bridgehead atoms. The molecule has 7 nitrogen and oxygen atoms in total. The lowest BCUT2D eigenvalue weighted by Crippen LogP contribution is -2.44. The number of carbonyl (C=O) groups excluding carboxylic acids is 1. The maximum Gasteiger partial charge on any atom is 0.238 e. The molecule has 1 aliphatic rings. The number of anilines is 2. The quantitative estimate of drug-likeness (QED) is 0.277. The Bertz CT molecular complexity index is 1270. The van der Waals surface area contributed by atoms with Crippen LogP contribution in [-0.4, -0.2) is 38.0 Å². The Kier molecular flexibility index (Phi) is 9.04. The van der Waals surface area contributed by atoms with E-state index in [4.69, 9.17) is 16.2 Å². The number of allylic oxidation sites excluding steroid dienone is 1. The van der Waals surface area contributed by atoms with E-state index in [1.165, 1.54) is 16.1 Å². The number of nitrogens with one attached hydrogen (secondary N) is 2. The van der Waals surface area contributed by atoms with Crippen LogP contribution in [0, 0.1) is 0 Å². The second-order valence-electron chi connectivity index (χ2n) is 8.70. The first-order valence-corrected chi connectivity index (χ1v) is 13.7. The second kappa shape index (κ2) is 12.4. The summed E-state index contributed by atoms with van der Waals surface area (Å²) in [4.78, 5) is 16.2. The number of likely N-dealkylation sites (N-methyl/N-ethyl adjacent to an activating group) is 1. The van der Waals surface area contributed by atoms with E-state index in [0.29, 0.717) is 0 Å². The van der Waals surface area contributed by atoms with E-state index in [0.717, 1.165) is 34.0 Å². The third-order valence-corrected chi connectivity index (χ3v) is 8.59. The number of rotatable bonds is 10. The van der Waals surface area contributed by atoms with Crippen molar-refractivity contribution in [1.82, 2.24) is 4.72 Å². The SMILES string of the molecule is C/C=C(\N)c1cccc(CC(NSc2ccc(NC(=O)CN)cc2)C2Sc3cc(OC)ccc3N2C)c1. The van der Waals surface area contributed by atoms with Crippen LogP contribution in [0.5, 0.6) is 5.75 Å². The predicted molar refractivity (Wildman–Crippen MR) is 156 cm³/mol. The number of ether oxygens (including phenoxy) is 1. The van der Waals surface area contributed by atoms with E-state index in [1.807, 2.05) is 61.2 Å². The van der Waals surface area contributed by atoms with Crippen LogP contribution in [-0.2, 0) is 11.2 Å². The molecule has 2 atom stereocenters. The fourth-order valence-electron chi connectivity index (χ4n) is 4.17. The number of nitrogens with two attached hydrogens (primary N) is 2. The van der Waals surface area contributed by atoms with Crippen molar-refractivity contribution in [2.24, 2.45) is 11.5 Å². The Balaban J connectivity index is 1.55. The Morgan fingerprint density at radius 2 is 1.97 bits per heavy atom. The number of carbonyl (C=O) groups is 1. The van der Waals surface area contributed by atoms with Gasteiger partial charge in [-0.3, -0.25) is 9.52 Å². The molecule has 1 amide bonds. The first kappa shape index (κ1) is 26.9. The zero-order chi connectivity index (χ0) is 26.4. The number of fused-ring (bicyclic) bond motifs is 1. The highest BCUT2D eigenvalue weighted by Gasteiger charge is 2.34. The molecule has 3 aromatic rings. The molecule has 37 heavy (non-hydrogen) atoms. The van der Waals surface area contributed by atoms with Crippen LogP contribution in [0.2, 0.25) is 0 Å². The molecule has 0 aliphatic carbocycles. The topological polar surface area (TPSA) is 106 Å². The average Bonchev–Trinajstić information content (AvgIpc) is 3.26. The molecular weight excluding hydrogens is 502 g/mol. The van der Waals surface area contributed by atoms with E-state index < -0.39 is 0 Å². The standard InChI is InChI=1S/C28H33N5O2S2/c1-4-23(30)19-7-5-6-18(14-19)15-24(28-33(2)25-13-10-21(35-3)16-26(25)36-28)32-37-22-11-8-20(9-12-22)31-27(34)17-29/h4-14,16,24,28,32H,15,17,29-30H2,1-3H3,(H,31,34)/b23-4-. The summed E-state index contributed by atoms with van der Waals surface area (Å²) in [5, 5.41) is 2.94. The third-order valence-electron chi connectivity index (χ3n) is 6.20. The van der Waals surface area contributed by atoms with Crippen molar-refractivity contribution in [2.45, 2.75) is 34.6 Å². The van der Waals surface area contributed by atoms with Crippen LogP contribution in [0.15, 0.2) is 82.6 Å². The van der Waals surface area contributed by atoms with Gasteiger partial charge in [0.1, 0.15) is 5.75 Å². The zero-order valence-electron chi connectivity index (χ0n) is 21.2. The van der Waals surface area contributed by atoms with Gasteiger partial charge < -0.3 is 26.4 Å². The van der Waals surface area contributed by atoms with Gasteiger partial charge in [-0.15, -0.1) is 0 Å². The second-order valence-corrected chi connectivity index (χ2v) is 10.8. The van der Waals surface area contributed by atoms with E-state index in [9.17, 15) is 4.79 Å². The van der Waals surface area contributed by atoms with E-state index in [2.05, 4.69) is 52.3 Å². The largest absolute Gasteiger partial charge is 0.497 e. The number of hydrogen-bond donors (Lipinski definition) is 4. The number of methoxy groups -OCH3 is 1. The molecule has 0 saturated carbocycles. The lowest BCUT2D eigenvalue weighted by Gasteiger charge is -2.30. The Hall–Kier alpha value is -3.11. The Morgan fingerprint density at radius 3 is 2.68 bits per heavy atom. The van der Waals surface area contributed by atoms with Crippen molar-refractivity contribution in [2.75, 3.05) is 30.9 Å². The number of amides is 1. The number of thioether (sulfide) groups is 1. The average molecular weight is 536 g/mol. The van der Waals surface area contributed by atoms with Crippen molar-refractivity contribution in [3.63, 3.8) is 0 Å². The van der Waals surface area contributed by atoms with Crippen LogP contribution in [0.4, 0.5) is 11.4 Å². The molecule has 0 fully saturated rings. The number of nitrogens with zero attached hydrogens (tertiary/aromatic N) is 1. The zero-order valence-corrected chi connectivity index (χ0v) is 22.9. The van der Waals surface area contributed by atoms with Gasteiger partial charge in [0.2, 0.25) is 5.91 Å². The highest BCUT2D eigenvalue weighted by molar-refractivity contribution is 8.00. The van der Waals surface area contributed by atoms with Gasteiger partial charge in [0.05, 0.1) is 30.8 Å². The summed E-state index contributed by atoms with van der Waals surface area (Å²) in [6.45, 7) is 1.91. The number of hydrogen-bond acceptors (Lipinski definition) is 8. The molecule has 0 radical (unpaired) electrons. The van der Waals surface area contributed by atoms with Crippen LogP contribution in [0.25, 0.3) is 5.70 Å². The van der Waals surface area contributed by atoms with Gasteiger partial charge in [0.15, 0.2) is 0 Å². The van der Waals surface area contributed by atoms with Gasteiger partial charge in [0, 0.05) is 28.2 Å². The summed E-state index contributed by atoms with van der Waals surface area (Å²) in [5.74, 6) is 0.646. The molecule has 2 unspecified atom stereocenters. The van der Waals surface area contributed by atoms with E-state index in [1.54, 1.807) is 19.1 Å². The van der Waals surface area contributed by atoms with E-state index >= 15 is 0 Å². The van der Waals surface area contributed by atoms with Gasteiger partial charge in [-0.1, -0.05) is 36.0 Å². The summed E-state index contributed by atoms with van der Waals surface area (Å²) in [6.07, 6.45) is 2.74. The summed E-state index contributed by atoms with van der Waals surface area (Å²) in [6, 6.07) is 22.5. The van der Waals surface area contributed by atoms with Gasteiger partial charge in [-0.2, -0.15) is 0 Å². The summed E-state index contributed by atoms with van der Waals surface area (Å²) < 4.78 is 9.18. The minimum absolute atomic E-state index is 0.0402. The van der Waals surface area contributed by atoms with Gasteiger partial charge >= 0.3 is 0 Å². The molecule has 0 spiro atoms. The summed E-state index contributed by atoms with van der Waals surface area (Å²) in [7, 11) is 3.83. The monoisotopic (exact) mass is 535 g/mol.